The van der Waals surface area contributed by atoms with E-state index in [9.17, 15) is 4.57 Å². The monoisotopic (exact) mass is 122 g/mol. The summed E-state index contributed by atoms with van der Waals surface area (Å²) in [6.07, 6.45) is -0.598. The molecule has 0 aromatic carbocycles. The Morgan fingerprint density at radius 1 is 1.86 bits per heavy atom. The molecule has 0 fully saturated rings. The fourth-order valence-electron chi connectivity index (χ4n) is 0.0983. The van der Waals surface area contributed by atoms with Crippen LogP contribution in [0.2, 0.25) is 0 Å². The molecule has 0 rings (SSSR count). The Balaban J connectivity index is 2.98. The molecule has 1 unspecified atom stereocenters. The first-order valence-electron chi connectivity index (χ1n) is 1.75. The van der Waals surface area contributed by atoms with Crippen molar-refractivity contribution in [3.63, 3.8) is 0 Å². The highest BCUT2D eigenvalue weighted by molar-refractivity contribution is 7.17. The maximum atomic E-state index is 9.51. The van der Waals surface area contributed by atoms with Crippen molar-refractivity contribution in [3.05, 3.63) is 0 Å². The average Bonchev–Trinajstić information content (AvgIpc) is 1.68. The van der Waals surface area contributed by atoms with Crippen LogP contribution >= 0.6 is 8.69 Å². The van der Waals surface area contributed by atoms with Gasteiger partial charge in [-0.15, -0.1) is 0 Å². The molecule has 7 heavy (non-hydrogen) atoms. The van der Waals surface area contributed by atoms with Crippen LogP contribution in [-0.2, 0) is 9.09 Å². The number of nitrogens with two attached hydrogens (primary N) is 2. The Kier molecular flexibility index (Phi) is 4.14. The lowest BCUT2D eigenvalue weighted by molar-refractivity contribution is 0.240. The van der Waals surface area contributed by atoms with Gasteiger partial charge in [-0.3, -0.25) is 4.52 Å². The van der Waals surface area contributed by atoms with Crippen LogP contribution in [0, 0.1) is 0 Å². The first-order chi connectivity index (χ1) is 3.31. The van der Waals surface area contributed by atoms with Crippen molar-refractivity contribution in [1.29, 1.82) is 0 Å². The SMILES string of the molecule is NCC(N)OP=O. The molecular formula is C2H7N2O2P. The summed E-state index contributed by atoms with van der Waals surface area (Å²) < 4.78 is 13.8. The summed E-state index contributed by atoms with van der Waals surface area (Å²) in [4.78, 5) is 0. The third-order valence-electron chi connectivity index (χ3n) is 0.411. The first kappa shape index (κ1) is 6.98. The van der Waals surface area contributed by atoms with Crippen molar-refractivity contribution in [2.24, 2.45) is 11.5 Å². The van der Waals surface area contributed by atoms with Gasteiger partial charge in [0.2, 0.25) is 0 Å². The fourth-order valence-corrected chi connectivity index (χ4v) is 0.295. The van der Waals surface area contributed by atoms with Crippen LogP contribution in [0.5, 0.6) is 0 Å². The van der Waals surface area contributed by atoms with Crippen LogP contribution in [0.15, 0.2) is 0 Å². The fraction of sp³-hybridized carbons (Fsp3) is 1.00. The largest absolute Gasteiger partial charge is 0.329 e. The third-order valence-corrected chi connectivity index (χ3v) is 0.768. The smallest absolute Gasteiger partial charge is 0.327 e. The Morgan fingerprint density at radius 2 is 2.43 bits per heavy atom. The molecule has 0 saturated heterocycles. The van der Waals surface area contributed by atoms with E-state index in [4.69, 9.17) is 11.5 Å². The van der Waals surface area contributed by atoms with E-state index < -0.39 is 14.9 Å². The van der Waals surface area contributed by atoms with Crippen molar-refractivity contribution in [3.8, 4) is 0 Å². The van der Waals surface area contributed by atoms with Gasteiger partial charge in [-0.2, -0.15) is 0 Å². The molecule has 42 valence electrons. The molecular weight excluding hydrogens is 115 g/mol. The second-order valence-corrected chi connectivity index (χ2v) is 1.31. The van der Waals surface area contributed by atoms with Crippen LogP contribution < -0.4 is 11.5 Å². The Labute approximate surface area is 43.1 Å². The highest BCUT2D eigenvalue weighted by Crippen LogP contribution is 1.94. The summed E-state index contributed by atoms with van der Waals surface area (Å²) in [5.74, 6) is 0. The van der Waals surface area contributed by atoms with E-state index in [0.717, 1.165) is 0 Å². The summed E-state index contributed by atoms with van der Waals surface area (Å²) >= 11 is 0. The maximum absolute atomic E-state index is 9.51. The predicted molar refractivity (Wildman–Crippen MR) is 25.7 cm³/mol. The highest BCUT2D eigenvalue weighted by atomic mass is 31.1. The third kappa shape index (κ3) is 3.82. The molecule has 5 heteroatoms. The van der Waals surface area contributed by atoms with Crippen LogP contribution in [0.1, 0.15) is 0 Å². The molecule has 0 aliphatic heterocycles. The van der Waals surface area contributed by atoms with Crippen molar-refractivity contribution >= 4 is 8.69 Å². The Bertz CT molecular complexity index is 59.7. The Hall–Kier alpha value is -0.0200. The first-order valence-corrected chi connectivity index (χ1v) is 2.48. The van der Waals surface area contributed by atoms with Crippen LogP contribution in [0.4, 0.5) is 0 Å². The summed E-state index contributed by atoms with van der Waals surface area (Å²) in [7, 11) is -0.415. The second-order valence-electron chi connectivity index (χ2n) is 0.954. The highest BCUT2D eigenvalue weighted by Gasteiger charge is 1.94. The minimum absolute atomic E-state index is 0.190. The van der Waals surface area contributed by atoms with E-state index in [2.05, 4.69) is 4.52 Å². The summed E-state index contributed by atoms with van der Waals surface area (Å²) in [5, 5.41) is 0. The van der Waals surface area contributed by atoms with Gasteiger partial charge in [0, 0.05) is 6.54 Å². The average molecular weight is 122 g/mol. The molecule has 0 bridgehead atoms. The van der Waals surface area contributed by atoms with Crippen molar-refractivity contribution in [1.82, 2.24) is 0 Å². The standard InChI is InChI=1S/C2H7N2O2P/c3-1-2(4)6-7-5/h2H,1,3-4H2. The van der Waals surface area contributed by atoms with Crippen molar-refractivity contribution in [2.75, 3.05) is 6.54 Å². The lowest BCUT2D eigenvalue weighted by Crippen LogP contribution is -2.29. The lowest BCUT2D eigenvalue weighted by atomic mass is 10.6. The van der Waals surface area contributed by atoms with Gasteiger partial charge in [-0.1, -0.05) is 0 Å². The second kappa shape index (κ2) is 4.15. The molecule has 1 atom stereocenters. The van der Waals surface area contributed by atoms with E-state index >= 15 is 0 Å². The molecule has 0 radical (unpaired) electrons. The van der Waals surface area contributed by atoms with Crippen molar-refractivity contribution in [2.45, 2.75) is 6.23 Å². The van der Waals surface area contributed by atoms with Crippen LogP contribution in [0.25, 0.3) is 0 Å². The Morgan fingerprint density at radius 3 is 2.57 bits per heavy atom. The van der Waals surface area contributed by atoms with Gasteiger partial charge >= 0.3 is 8.69 Å². The van der Waals surface area contributed by atoms with Gasteiger partial charge < -0.3 is 11.5 Å². The zero-order chi connectivity index (χ0) is 5.70. The minimum atomic E-state index is -0.598. The summed E-state index contributed by atoms with van der Waals surface area (Å²) in [5.41, 5.74) is 9.99. The van der Waals surface area contributed by atoms with Crippen molar-refractivity contribution < 1.29 is 9.09 Å². The van der Waals surface area contributed by atoms with Gasteiger partial charge in [0.25, 0.3) is 0 Å². The van der Waals surface area contributed by atoms with Gasteiger partial charge in [0.15, 0.2) is 0 Å². The van der Waals surface area contributed by atoms with Gasteiger partial charge in [0.1, 0.15) is 6.23 Å². The van der Waals surface area contributed by atoms with E-state index in [1.54, 1.807) is 0 Å². The minimum Gasteiger partial charge on any atom is -0.327 e. The maximum Gasteiger partial charge on any atom is 0.329 e. The number of hydrogen-bond acceptors (Lipinski definition) is 4. The molecule has 0 aromatic heterocycles. The molecule has 0 heterocycles. The molecule has 0 spiro atoms. The molecule has 4 N–H and O–H groups in total. The zero-order valence-corrected chi connectivity index (χ0v) is 4.60. The van der Waals surface area contributed by atoms with E-state index in [0.29, 0.717) is 0 Å². The normalized spacial score (nSPS) is 14.6. The summed E-state index contributed by atoms with van der Waals surface area (Å²) in [6.45, 7) is 0.190. The van der Waals surface area contributed by atoms with E-state index in [-0.39, 0.29) is 6.54 Å². The van der Waals surface area contributed by atoms with Gasteiger partial charge in [0.05, 0.1) is 0 Å². The quantitative estimate of drug-likeness (QED) is 0.389. The van der Waals surface area contributed by atoms with Gasteiger partial charge in [-0.25, -0.2) is 4.57 Å². The predicted octanol–water partition coefficient (Wildman–Crippen LogP) is -0.547. The molecule has 0 amide bonds. The van der Waals surface area contributed by atoms with E-state index in [1.165, 1.54) is 0 Å². The molecule has 0 saturated carbocycles. The lowest BCUT2D eigenvalue weighted by Gasteiger charge is -1.99. The molecule has 4 nitrogen and oxygen atoms in total. The van der Waals surface area contributed by atoms with Gasteiger partial charge in [-0.05, 0) is 0 Å². The number of hydrogen-bond donors (Lipinski definition) is 2. The van der Waals surface area contributed by atoms with E-state index in [1.807, 2.05) is 0 Å². The zero-order valence-electron chi connectivity index (χ0n) is 3.70. The number of rotatable bonds is 3. The topological polar surface area (TPSA) is 78.3 Å². The van der Waals surface area contributed by atoms with Crippen LogP contribution in [-0.4, -0.2) is 12.8 Å². The summed E-state index contributed by atoms with van der Waals surface area (Å²) in [6, 6.07) is 0. The molecule has 0 aliphatic rings. The molecule has 0 aliphatic carbocycles. The van der Waals surface area contributed by atoms with Crippen LogP contribution in [0.3, 0.4) is 0 Å². The molecule has 0 aromatic rings.